The van der Waals surface area contributed by atoms with Crippen molar-refractivity contribution in [1.82, 2.24) is 14.9 Å². The molecule has 78 valence electrons. The van der Waals surface area contributed by atoms with E-state index in [0.29, 0.717) is 25.2 Å². The second kappa shape index (κ2) is 3.76. The molecule has 1 aromatic heterocycles. The number of nitrogens with zero attached hydrogens (tertiary/aromatic N) is 3. The zero-order valence-electron chi connectivity index (χ0n) is 8.43. The number of aryl methyl sites for hydroxylation is 1. The molecule has 1 amide bonds. The van der Waals surface area contributed by atoms with Crippen LogP contribution >= 0.6 is 0 Å². The lowest BCUT2D eigenvalue weighted by molar-refractivity contribution is -0.140. The average Bonchev–Trinajstić information content (AvgIpc) is 2.53. The van der Waals surface area contributed by atoms with Gasteiger partial charge < -0.3 is 4.90 Å². The van der Waals surface area contributed by atoms with Gasteiger partial charge in [0.1, 0.15) is 0 Å². The van der Waals surface area contributed by atoms with E-state index in [1.54, 1.807) is 12.4 Å². The van der Waals surface area contributed by atoms with Gasteiger partial charge in [0.15, 0.2) is 0 Å². The predicted octanol–water partition coefficient (Wildman–Crippen LogP) is 0.0864. The van der Waals surface area contributed by atoms with Gasteiger partial charge in [0.2, 0.25) is 5.78 Å². The van der Waals surface area contributed by atoms with E-state index in [0.717, 1.165) is 5.69 Å². The molecule has 2 rings (SSSR count). The summed E-state index contributed by atoms with van der Waals surface area (Å²) in [6, 6.07) is 0. The predicted molar refractivity (Wildman–Crippen MR) is 51.8 cm³/mol. The van der Waals surface area contributed by atoms with Crippen molar-refractivity contribution >= 4 is 11.7 Å². The zero-order valence-corrected chi connectivity index (χ0v) is 8.43. The van der Waals surface area contributed by atoms with Crippen LogP contribution in [-0.4, -0.2) is 33.1 Å². The summed E-state index contributed by atoms with van der Waals surface area (Å²) in [4.78, 5) is 32.0. The minimum atomic E-state index is -0.405. The highest BCUT2D eigenvalue weighted by atomic mass is 16.2. The fraction of sp³-hybridized carbons (Fsp3) is 0.400. The van der Waals surface area contributed by atoms with Crippen LogP contribution in [0.3, 0.4) is 0 Å². The van der Waals surface area contributed by atoms with E-state index >= 15 is 0 Å². The zero-order chi connectivity index (χ0) is 10.8. The Hall–Kier alpha value is -1.78. The van der Waals surface area contributed by atoms with Crippen molar-refractivity contribution in [3.63, 3.8) is 0 Å². The van der Waals surface area contributed by atoms with E-state index in [9.17, 15) is 9.59 Å². The maximum absolute atomic E-state index is 11.3. The van der Waals surface area contributed by atoms with E-state index in [1.165, 1.54) is 4.90 Å². The van der Waals surface area contributed by atoms with Crippen molar-refractivity contribution in [2.75, 3.05) is 6.54 Å². The molecule has 0 N–H and O–H groups in total. The standard InChI is InChI=1S/C10H11N3O2/c1-7-4-12-8(5-11-7)6-13-3-2-9(14)10(13)15/h4-5H,2-3,6H2,1H3. The molecule has 1 aromatic rings. The van der Waals surface area contributed by atoms with Crippen LogP contribution < -0.4 is 0 Å². The summed E-state index contributed by atoms with van der Waals surface area (Å²) in [5.74, 6) is -0.715. The molecule has 1 fully saturated rings. The van der Waals surface area contributed by atoms with Crippen molar-refractivity contribution < 1.29 is 9.59 Å². The van der Waals surface area contributed by atoms with Gasteiger partial charge in [0, 0.05) is 19.2 Å². The van der Waals surface area contributed by atoms with Gasteiger partial charge in [0.25, 0.3) is 5.91 Å². The summed E-state index contributed by atoms with van der Waals surface area (Å²) in [6.07, 6.45) is 3.60. The van der Waals surface area contributed by atoms with Gasteiger partial charge in [-0.1, -0.05) is 0 Å². The third-order valence-electron chi connectivity index (χ3n) is 2.32. The number of carbonyl (C=O) groups excluding carboxylic acids is 2. The first-order chi connectivity index (χ1) is 7.16. The van der Waals surface area contributed by atoms with Gasteiger partial charge in [0.05, 0.1) is 24.1 Å². The number of aromatic nitrogens is 2. The molecule has 0 bridgehead atoms. The number of ketones is 1. The molecule has 15 heavy (non-hydrogen) atoms. The van der Waals surface area contributed by atoms with Gasteiger partial charge in [-0.25, -0.2) is 0 Å². The Morgan fingerprint density at radius 1 is 1.33 bits per heavy atom. The van der Waals surface area contributed by atoms with Crippen LogP contribution in [-0.2, 0) is 16.1 Å². The summed E-state index contributed by atoms with van der Waals surface area (Å²) in [5, 5.41) is 0. The van der Waals surface area contributed by atoms with Gasteiger partial charge >= 0.3 is 0 Å². The molecule has 5 nitrogen and oxygen atoms in total. The van der Waals surface area contributed by atoms with E-state index in [2.05, 4.69) is 9.97 Å². The normalized spacial score (nSPS) is 16.2. The van der Waals surface area contributed by atoms with Crippen molar-refractivity contribution in [2.24, 2.45) is 0 Å². The number of Topliss-reactive ketones (excluding diaryl/α,β-unsaturated/α-hetero) is 1. The highest BCUT2D eigenvalue weighted by molar-refractivity contribution is 6.37. The molecule has 0 spiro atoms. The van der Waals surface area contributed by atoms with Gasteiger partial charge in [-0.05, 0) is 6.92 Å². The number of amides is 1. The van der Waals surface area contributed by atoms with E-state index in [4.69, 9.17) is 0 Å². The summed E-state index contributed by atoms with van der Waals surface area (Å²) in [7, 11) is 0. The van der Waals surface area contributed by atoms with Gasteiger partial charge in [-0.2, -0.15) is 0 Å². The Kier molecular flexibility index (Phi) is 2.45. The SMILES string of the molecule is Cc1cnc(CN2CCC(=O)C2=O)cn1. The van der Waals surface area contributed by atoms with Crippen LogP contribution in [0.5, 0.6) is 0 Å². The third kappa shape index (κ3) is 2.01. The topological polar surface area (TPSA) is 63.2 Å². The summed E-state index contributed by atoms with van der Waals surface area (Å²) >= 11 is 0. The maximum Gasteiger partial charge on any atom is 0.290 e. The second-order valence-electron chi connectivity index (χ2n) is 3.55. The Labute approximate surface area is 87.1 Å². The van der Waals surface area contributed by atoms with E-state index in [-0.39, 0.29) is 5.78 Å². The molecule has 0 unspecified atom stereocenters. The molecule has 0 atom stereocenters. The highest BCUT2D eigenvalue weighted by Gasteiger charge is 2.29. The van der Waals surface area contributed by atoms with Crippen molar-refractivity contribution in [2.45, 2.75) is 19.9 Å². The molecular weight excluding hydrogens is 194 g/mol. The molecule has 0 radical (unpaired) electrons. The second-order valence-corrected chi connectivity index (χ2v) is 3.55. The Bertz CT molecular complexity index is 400. The highest BCUT2D eigenvalue weighted by Crippen LogP contribution is 2.09. The third-order valence-corrected chi connectivity index (χ3v) is 2.32. The first-order valence-corrected chi connectivity index (χ1v) is 4.76. The van der Waals surface area contributed by atoms with Crippen LogP contribution in [0.25, 0.3) is 0 Å². The molecule has 1 saturated heterocycles. The summed E-state index contributed by atoms with van der Waals surface area (Å²) in [5.41, 5.74) is 1.55. The Morgan fingerprint density at radius 3 is 2.67 bits per heavy atom. The first-order valence-electron chi connectivity index (χ1n) is 4.76. The van der Waals surface area contributed by atoms with Gasteiger partial charge in [-0.3, -0.25) is 19.6 Å². The van der Waals surface area contributed by atoms with Crippen LogP contribution in [0, 0.1) is 6.92 Å². The number of hydrogen-bond donors (Lipinski definition) is 0. The summed E-state index contributed by atoms with van der Waals surface area (Å²) in [6.45, 7) is 2.71. The van der Waals surface area contributed by atoms with Crippen LogP contribution in [0.1, 0.15) is 17.8 Å². The average molecular weight is 205 g/mol. The molecule has 1 aliphatic heterocycles. The van der Waals surface area contributed by atoms with Crippen molar-refractivity contribution in [3.05, 3.63) is 23.8 Å². The fourth-order valence-electron chi connectivity index (χ4n) is 1.47. The first kappa shape index (κ1) is 9.76. The molecule has 5 heteroatoms. The molecular formula is C10H11N3O2. The molecule has 2 heterocycles. The minimum absolute atomic E-state index is 0.310. The van der Waals surface area contributed by atoms with Gasteiger partial charge in [-0.15, -0.1) is 0 Å². The lowest BCUT2D eigenvalue weighted by Crippen LogP contribution is -2.27. The van der Waals surface area contributed by atoms with Crippen LogP contribution in [0.2, 0.25) is 0 Å². The monoisotopic (exact) mass is 205 g/mol. The quantitative estimate of drug-likeness (QED) is 0.642. The number of rotatable bonds is 2. The Balaban J connectivity index is 2.06. The lowest BCUT2D eigenvalue weighted by Gasteiger charge is -2.13. The lowest BCUT2D eigenvalue weighted by atomic mass is 10.3. The largest absolute Gasteiger partial charge is 0.330 e. The Morgan fingerprint density at radius 2 is 2.13 bits per heavy atom. The van der Waals surface area contributed by atoms with E-state index in [1.807, 2.05) is 6.92 Å². The van der Waals surface area contributed by atoms with Crippen LogP contribution in [0.15, 0.2) is 12.4 Å². The van der Waals surface area contributed by atoms with Crippen molar-refractivity contribution in [3.8, 4) is 0 Å². The molecule has 0 saturated carbocycles. The van der Waals surface area contributed by atoms with Crippen LogP contribution in [0.4, 0.5) is 0 Å². The van der Waals surface area contributed by atoms with E-state index < -0.39 is 5.91 Å². The summed E-state index contributed by atoms with van der Waals surface area (Å²) < 4.78 is 0. The molecule has 0 aliphatic carbocycles. The maximum atomic E-state index is 11.3. The number of carbonyl (C=O) groups is 2. The number of likely N-dealkylation sites (tertiary alicyclic amines) is 1. The minimum Gasteiger partial charge on any atom is -0.330 e. The van der Waals surface area contributed by atoms with Crippen molar-refractivity contribution in [1.29, 1.82) is 0 Å². The molecule has 0 aromatic carbocycles. The number of hydrogen-bond acceptors (Lipinski definition) is 4. The smallest absolute Gasteiger partial charge is 0.290 e. The molecule has 1 aliphatic rings. The fourth-order valence-corrected chi connectivity index (χ4v) is 1.47.